The van der Waals surface area contributed by atoms with Crippen LogP contribution in [0, 0.1) is 16.6 Å². The fourth-order valence-corrected chi connectivity index (χ4v) is 4.62. The standard InChI is InChI=1S/C32H29FN6O4/c1-35-18-19(17-34)24-16-27-26(15-25(24)29(40)36-2)28(11-14-37-27)43-23-9-7-22(8-10-23)39-31(42)32(12-13-32)30(41)38-21-5-3-20(33)4-6-21/h3-11,14-18,34-35H,12-13H2,1-2H3,(H,36,40)(H,38,41)(H,39,42)/b19-18+,34-17?. The zero-order valence-electron chi connectivity index (χ0n) is 23.5. The van der Waals surface area contributed by atoms with Gasteiger partial charge in [-0.15, -0.1) is 0 Å². The summed E-state index contributed by atoms with van der Waals surface area (Å²) in [4.78, 5) is 43.1. The summed E-state index contributed by atoms with van der Waals surface area (Å²) in [5.74, 6) is -0.664. The van der Waals surface area contributed by atoms with Crippen LogP contribution >= 0.6 is 0 Å². The smallest absolute Gasteiger partial charge is 0.251 e. The van der Waals surface area contributed by atoms with Crippen molar-refractivity contribution in [3.05, 3.63) is 96.1 Å². The van der Waals surface area contributed by atoms with E-state index in [0.717, 1.165) is 6.21 Å². The predicted molar refractivity (Wildman–Crippen MR) is 163 cm³/mol. The van der Waals surface area contributed by atoms with Crippen molar-refractivity contribution in [3.8, 4) is 11.5 Å². The van der Waals surface area contributed by atoms with E-state index in [4.69, 9.17) is 10.1 Å². The summed E-state index contributed by atoms with van der Waals surface area (Å²) in [5, 5.41) is 19.4. The quantitative estimate of drug-likeness (QED) is 0.130. The molecule has 0 saturated heterocycles. The lowest BCUT2D eigenvalue weighted by Crippen LogP contribution is -2.35. The summed E-state index contributed by atoms with van der Waals surface area (Å²) in [6.45, 7) is 0. The summed E-state index contributed by atoms with van der Waals surface area (Å²) in [5.41, 5.74) is 1.70. The van der Waals surface area contributed by atoms with Crippen LogP contribution in [0.2, 0.25) is 0 Å². The molecule has 11 heteroatoms. The lowest BCUT2D eigenvalue weighted by atomic mass is 9.97. The Morgan fingerprint density at radius 1 is 0.907 bits per heavy atom. The van der Waals surface area contributed by atoms with E-state index in [-0.39, 0.29) is 5.91 Å². The van der Waals surface area contributed by atoms with Gasteiger partial charge in [0.2, 0.25) is 11.8 Å². The fraction of sp³-hybridized carbons (Fsp3) is 0.156. The van der Waals surface area contributed by atoms with Gasteiger partial charge in [-0.2, -0.15) is 0 Å². The number of carbonyl (C=O) groups excluding carboxylic acids is 3. The van der Waals surface area contributed by atoms with Gasteiger partial charge in [0.05, 0.1) is 5.52 Å². The molecule has 0 unspecified atom stereocenters. The van der Waals surface area contributed by atoms with Gasteiger partial charge < -0.3 is 31.4 Å². The number of amides is 3. The Morgan fingerprint density at radius 2 is 1.53 bits per heavy atom. The lowest BCUT2D eigenvalue weighted by molar-refractivity contribution is -0.131. The molecule has 1 saturated carbocycles. The molecule has 0 spiro atoms. The third-order valence-electron chi connectivity index (χ3n) is 7.14. The molecule has 0 radical (unpaired) electrons. The topological polar surface area (TPSA) is 145 Å². The third-order valence-corrected chi connectivity index (χ3v) is 7.14. The first kappa shape index (κ1) is 28.9. The molecule has 4 aromatic rings. The highest BCUT2D eigenvalue weighted by Crippen LogP contribution is 2.47. The molecule has 43 heavy (non-hydrogen) atoms. The highest BCUT2D eigenvalue weighted by atomic mass is 19.1. The average Bonchev–Trinajstić information content (AvgIpc) is 3.84. The van der Waals surface area contributed by atoms with E-state index < -0.39 is 23.0 Å². The molecule has 3 aromatic carbocycles. The molecule has 1 aliphatic carbocycles. The van der Waals surface area contributed by atoms with Gasteiger partial charge >= 0.3 is 0 Å². The normalized spacial score (nSPS) is 13.5. The van der Waals surface area contributed by atoms with Crippen molar-refractivity contribution < 1.29 is 23.5 Å². The number of hydrogen-bond donors (Lipinski definition) is 5. The minimum absolute atomic E-state index is 0.324. The van der Waals surface area contributed by atoms with Crippen LogP contribution in [0.1, 0.15) is 28.8 Å². The van der Waals surface area contributed by atoms with Crippen LogP contribution in [0.5, 0.6) is 11.5 Å². The van der Waals surface area contributed by atoms with E-state index in [1.165, 1.54) is 31.3 Å². The molecule has 5 rings (SSSR count). The number of halogens is 1. The second-order valence-corrected chi connectivity index (χ2v) is 9.96. The monoisotopic (exact) mass is 580 g/mol. The van der Waals surface area contributed by atoms with Crippen LogP contribution in [0.3, 0.4) is 0 Å². The highest BCUT2D eigenvalue weighted by Gasteiger charge is 2.56. The minimum atomic E-state index is -1.18. The lowest BCUT2D eigenvalue weighted by Gasteiger charge is -2.16. The largest absolute Gasteiger partial charge is 0.457 e. The number of pyridine rings is 1. The van der Waals surface area contributed by atoms with Gasteiger partial charge in [0, 0.05) is 60.6 Å². The van der Waals surface area contributed by atoms with Gasteiger partial charge in [-0.25, -0.2) is 4.39 Å². The Balaban J connectivity index is 1.33. The molecule has 0 bridgehead atoms. The number of ether oxygens (including phenoxy) is 1. The molecule has 0 atom stereocenters. The molecular weight excluding hydrogens is 551 g/mol. The molecule has 0 aliphatic heterocycles. The van der Waals surface area contributed by atoms with Crippen molar-refractivity contribution in [2.24, 2.45) is 5.41 Å². The van der Waals surface area contributed by atoms with E-state index >= 15 is 0 Å². The summed E-state index contributed by atoms with van der Waals surface area (Å²) in [7, 11) is 3.24. The number of aromatic nitrogens is 1. The van der Waals surface area contributed by atoms with Crippen LogP contribution in [-0.4, -0.2) is 43.0 Å². The first-order valence-electron chi connectivity index (χ1n) is 13.5. The van der Waals surface area contributed by atoms with Gasteiger partial charge in [-0.3, -0.25) is 19.4 Å². The molecule has 3 amide bonds. The van der Waals surface area contributed by atoms with Gasteiger partial charge in [-0.1, -0.05) is 0 Å². The first-order chi connectivity index (χ1) is 20.8. The Hall–Kier alpha value is -5.58. The maximum atomic E-state index is 13.2. The van der Waals surface area contributed by atoms with Gasteiger partial charge in [-0.05, 0) is 85.1 Å². The van der Waals surface area contributed by atoms with Crippen molar-refractivity contribution in [1.82, 2.24) is 15.6 Å². The second-order valence-electron chi connectivity index (χ2n) is 9.96. The molecule has 10 nitrogen and oxygen atoms in total. The van der Waals surface area contributed by atoms with Crippen LogP contribution in [-0.2, 0) is 9.59 Å². The van der Waals surface area contributed by atoms with Crippen molar-refractivity contribution in [1.29, 1.82) is 5.41 Å². The number of hydrogen-bond acceptors (Lipinski definition) is 7. The van der Waals surface area contributed by atoms with Crippen molar-refractivity contribution in [2.75, 3.05) is 24.7 Å². The summed E-state index contributed by atoms with van der Waals surface area (Å²) in [6, 6.07) is 17.1. The van der Waals surface area contributed by atoms with E-state index in [9.17, 15) is 18.8 Å². The molecule has 1 aromatic heterocycles. The molecule has 1 aliphatic rings. The SMILES string of the molecule is CN/C=C(\C=N)c1cc2nccc(Oc3ccc(NC(=O)C4(C(=O)Nc5ccc(F)cc5)CC4)cc3)c2cc1C(=O)NC. The second kappa shape index (κ2) is 12.1. The summed E-state index contributed by atoms with van der Waals surface area (Å²) < 4.78 is 19.3. The Labute approximate surface area is 246 Å². The van der Waals surface area contributed by atoms with Gasteiger partial charge in [0.25, 0.3) is 5.91 Å². The average molecular weight is 581 g/mol. The Kier molecular flexibility index (Phi) is 8.15. The van der Waals surface area contributed by atoms with Crippen LogP contribution in [0.25, 0.3) is 16.5 Å². The van der Waals surface area contributed by atoms with Gasteiger partial charge in [0.1, 0.15) is 22.7 Å². The van der Waals surface area contributed by atoms with E-state index in [0.29, 0.717) is 63.3 Å². The molecular formula is C32H29FN6O4. The number of benzene rings is 3. The van der Waals surface area contributed by atoms with Crippen LogP contribution in [0.4, 0.5) is 15.8 Å². The van der Waals surface area contributed by atoms with Crippen molar-refractivity contribution in [2.45, 2.75) is 12.8 Å². The predicted octanol–water partition coefficient (Wildman–Crippen LogP) is 5.09. The fourth-order valence-electron chi connectivity index (χ4n) is 4.62. The van der Waals surface area contributed by atoms with Crippen LogP contribution in [0.15, 0.2) is 79.1 Å². The number of nitrogens with zero attached hydrogens (tertiary/aromatic N) is 1. The number of rotatable bonds is 10. The van der Waals surface area contributed by atoms with Crippen molar-refractivity contribution in [3.63, 3.8) is 0 Å². The maximum Gasteiger partial charge on any atom is 0.251 e. The maximum absolute atomic E-state index is 13.2. The minimum Gasteiger partial charge on any atom is -0.457 e. The van der Waals surface area contributed by atoms with E-state index in [2.05, 4.69) is 26.3 Å². The number of carbonyl (C=O) groups is 3. The molecule has 1 heterocycles. The zero-order chi connectivity index (χ0) is 30.6. The van der Waals surface area contributed by atoms with E-state index in [1.54, 1.807) is 61.9 Å². The third kappa shape index (κ3) is 6.05. The summed E-state index contributed by atoms with van der Waals surface area (Å²) >= 11 is 0. The number of anilines is 2. The van der Waals surface area contributed by atoms with Crippen molar-refractivity contribution >= 4 is 51.8 Å². The highest BCUT2D eigenvalue weighted by molar-refractivity contribution is 6.17. The van der Waals surface area contributed by atoms with Crippen LogP contribution < -0.4 is 26.0 Å². The Morgan fingerprint density at radius 3 is 2.09 bits per heavy atom. The number of allylic oxidation sites excluding steroid dienone is 1. The van der Waals surface area contributed by atoms with Gasteiger partial charge in [0.15, 0.2) is 0 Å². The number of nitrogens with one attached hydrogen (secondary N) is 5. The first-order valence-corrected chi connectivity index (χ1v) is 13.5. The molecule has 1 fully saturated rings. The summed E-state index contributed by atoms with van der Waals surface area (Å²) in [6.07, 6.45) is 5.20. The zero-order valence-corrected chi connectivity index (χ0v) is 23.5. The number of fused-ring (bicyclic) bond motifs is 1. The molecule has 5 N–H and O–H groups in total. The van der Waals surface area contributed by atoms with E-state index in [1.807, 2.05) is 0 Å². The molecule has 218 valence electrons. The Bertz CT molecular complexity index is 1750.